The number of nitrogens with zero attached hydrogens (tertiary/aromatic N) is 1. The zero-order chi connectivity index (χ0) is 18.0. The number of benzene rings is 2. The molecule has 130 valence electrons. The first kappa shape index (κ1) is 17.6. The second kappa shape index (κ2) is 7.33. The Morgan fingerprint density at radius 2 is 1.84 bits per heavy atom. The number of methoxy groups -OCH3 is 1. The first-order valence-electron chi connectivity index (χ1n) is 7.60. The van der Waals surface area contributed by atoms with Gasteiger partial charge in [0, 0.05) is 13.0 Å². The molecule has 5 nitrogen and oxygen atoms in total. The van der Waals surface area contributed by atoms with Crippen molar-refractivity contribution >= 4 is 40.8 Å². The van der Waals surface area contributed by atoms with Crippen LogP contribution in [0.3, 0.4) is 0 Å². The fourth-order valence-corrected chi connectivity index (χ4v) is 3.09. The Kier molecular flexibility index (Phi) is 5.16. The summed E-state index contributed by atoms with van der Waals surface area (Å²) in [6, 6.07) is 11.9. The largest absolute Gasteiger partial charge is 0.493 e. The van der Waals surface area contributed by atoms with Gasteiger partial charge in [-0.3, -0.25) is 9.59 Å². The normalized spacial score (nSPS) is 16.8. The Balaban J connectivity index is 1.76. The summed E-state index contributed by atoms with van der Waals surface area (Å²) >= 11 is 12.2. The van der Waals surface area contributed by atoms with Crippen LogP contribution in [-0.2, 0) is 9.59 Å². The molecule has 0 radical (unpaired) electrons. The summed E-state index contributed by atoms with van der Waals surface area (Å²) < 4.78 is 10.6. The van der Waals surface area contributed by atoms with Crippen LogP contribution in [0.25, 0.3) is 0 Å². The van der Waals surface area contributed by atoms with E-state index in [1.807, 2.05) is 0 Å². The number of ether oxygens (including phenoxy) is 2. The number of amides is 1. The van der Waals surface area contributed by atoms with Crippen LogP contribution in [0, 0.1) is 5.92 Å². The molecule has 3 rings (SSSR count). The van der Waals surface area contributed by atoms with Gasteiger partial charge in [-0.2, -0.15) is 0 Å². The number of esters is 1. The maximum Gasteiger partial charge on any atom is 0.316 e. The van der Waals surface area contributed by atoms with Crippen LogP contribution in [0.4, 0.5) is 5.69 Å². The van der Waals surface area contributed by atoms with Crippen molar-refractivity contribution in [2.45, 2.75) is 6.42 Å². The van der Waals surface area contributed by atoms with E-state index in [1.165, 1.54) is 12.0 Å². The lowest BCUT2D eigenvalue weighted by Gasteiger charge is -2.18. The van der Waals surface area contributed by atoms with Gasteiger partial charge in [-0.05, 0) is 24.3 Å². The minimum absolute atomic E-state index is 0.0524. The van der Waals surface area contributed by atoms with E-state index in [0.29, 0.717) is 22.2 Å². The van der Waals surface area contributed by atoms with E-state index >= 15 is 0 Å². The highest BCUT2D eigenvalue weighted by molar-refractivity contribution is 6.44. The molecule has 1 aliphatic rings. The minimum Gasteiger partial charge on any atom is -0.493 e. The van der Waals surface area contributed by atoms with Gasteiger partial charge in [0.25, 0.3) is 0 Å². The van der Waals surface area contributed by atoms with Gasteiger partial charge in [0.05, 0.1) is 28.8 Å². The molecular formula is C18H15Cl2NO4. The average Bonchev–Trinajstić information content (AvgIpc) is 2.99. The van der Waals surface area contributed by atoms with Crippen molar-refractivity contribution < 1.29 is 19.1 Å². The zero-order valence-electron chi connectivity index (χ0n) is 13.4. The van der Waals surface area contributed by atoms with Crippen molar-refractivity contribution in [3.05, 3.63) is 52.5 Å². The van der Waals surface area contributed by atoms with Gasteiger partial charge in [0.1, 0.15) is 0 Å². The van der Waals surface area contributed by atoms with E-state index in [9.17, 15) is 9.59 Å². The summed E-state index contributed by atoms with van der Waals surface area (Å²) in [5.74, 6) is -0.506. The number of rotatable bonds is 4. The molecule has 7 heteroatoms. The zero-order valence-corrected chi connectivity index (χ0v) is 14.9. The van der Waals surface area contributed by atoms with E-state index in [1.54, 1.807) is 42.5 Å². The van der Waals surface area contributed by atoms with Crippen LogP contribution >= 0.6 is 23.2 Å². The highest BCUT2D eigenvalue weighted by atomic mass is 35.5. The Morgan fingerprint density at radius 3 is 2.56 bits per heavy atom. The van der Waals surface area contributed by atoms with Crippen molar-refractivity contribution in [2.75, 3.05) is 18.6 Å². The summed E-state index contributed by atoms with van der Waals surface area (Å²) in [5, 5.41) is 0.642. The molecule has 0 spiro atoms. The van der Waals surface area contributed by atoms with Gasteiger partial charge < -0.3 is 14.4 Å². The Bertz CT molecular complexity index is 824. The summed E-state index contributed by atoms with van der Waals surface area (Å²) in [5.41, 5.74) is 0.492. The smallest absolute Gasteiger partial charge is 0.316 e. The fraction of sp³-hybridized carbons (Fsp3) is 0.222. The van der Waals surface area contributed by atoms with Crippen LogP contribution in [-0.4, -0.2) is 25.5 Å². The van der Waals surface area contributed by atoms with Gasteiger partial charge in [-0.1, -0.05) is 41.4 Å². The molecule has 0 bridgehead atoms. The molecule has 0 N–H and O–H groups in total. The van der Waals surface area contributed by atoms with Crippen molar-refractivity contribution in [3.63, 3.8) is 0 Å². The molecule has 2 aromatic carbocycles. The molecule has 1 atom stereocenters. The van der Waals surface area contributed by atoms with Gasteiger partial charge in [0.15, 0.2) is 11.5 Å². The Hall–Kier alpha value is -2.24. The predicted molar refractivity (Wildman–Crippen MR) is 95.6 cm³/mol. The van der Waals surface area contributed by atoms with Crippen molar-refractivity contribution in [1.82, 2.24) is 0 Å². The SMILES string of the molecule is COc1ccccc1OC(=O)[C@H]1CC(=O)N(c2cccc(Cl)c2Cl)C1. The molecule has 1 fully saturated rings. The fourth-order valence-electron chi connectivity index (χ4n) is 2.69. The van der Waals surface area contributed by atoms with Crippen LogP contribution in [0.1, 0.15) is 6.42 Å². The van der Waals surface area contributed by atoms with E-state index < -0.39 is 11.9 Å². The van der Waals surface area contributed by atoms with Gasteiger partial charge in [0.2, 0.25) is 5.91 Å². The predicted octanol–water partition coefficient (Wildman–Crippen LogP) is 3.96. The van der Waals surface area contributed by atoms with Crippen LogP contribution in [0.2, 0.25) is 10.0 Å². The molecular weight excluding hydrogens is 365 g/mol. The van der Waals surface area contributed by atoms with Gasteiger partial charge in [-0.15, -0.1) is 0 Å². The van der Waals surface area contributed by atoms with Crippen molar-refractivity contribution in [1.29, 1.82) is 0 Å². The average molecular weight is 380 g/mol. The second-order valence-electron chi connectivity index (χ2n) is 5.55. The summed E-state index contributed by atoms with van der Waals surface area (Å²) in [4.78, 5) is 26.2. The van der Waals surface area contributed by atoms with E-state index in [2.05, 4.69) is 0 Å². The lowest BCUT2D eigenvalue weighted by atomic mass is 10.1. The number of anilines is 1. The molecule has 0 aromatic heterocycles. The number of carbonyl (C=O) groups is 2. The number of halogens is 2. The molecule has 2 aromatic rings. The Morgan fingerprint density at radius 1 is 1.12 bits per heavy atom. The van der Waals surface area contributed by atoms with E-state index in [-0.39, 0.29) is 23.9 Å². The summed E-state index contributed by atoms with van der Waals surface area (Å²) in [7, 11) is 1.49. The topological polar surface area (TPSA) is 55.8 Å². The van der Waals surface area contributed by atoms with E-state index in [0.717, 1.165) is 0 Å². The minimum atomic E-state index is -0.590. The lowest BCUT2D eigenvalue weighted by Crippen LogP contribution is -2.27. The molecule has 1 amide bonds. The monoisotopic (exact) mass is 379 g/mol. The van der Waals surface area contributed by atoms with Crippen molar-refractivity contribution in [2.24, 2.45) is 5.92 Å². The molecule has 0 saturated carbocycles. The summed E-state index contributed by atoms with van der Waals surface area (Å²) in [6.45, 7) is 0.187. The highest BCUT2D eigenvalue weighted by Crippen LogP contribution is 2.36. The maximum atomic E-state index is 12.4. The van der Waals surface area contributed by atoms with Crippen molar-refractivity contribution in [3.8, 4) is 11.5 Å². The first-order chi connectivity index (χ1) is 12.0. The first-order valence-corrected chi connectivity index (χ1v) is 8.36. The molecule has 25 heavy (non-hydrogen) atoms. The number of para-hydroxylation sites is 2. The number of hydrogen-bond donors (Lipinski definition) is 0. The maximum absolute atomic E-state index is 12.4. The van der Waals surface area contributed by atoms with Gasteiger partial charge in [-0.25, -0.2) is 0 Å². The number of carbonyl (C=O) groups excluding carboxylic acids is 2. The number of hydrogen-bond acceptors (Lipinski definition) is 4. The lowest BCUT2D eigenvalue weighted by molar-refractivity contribution is -0.139. The second-order valence-corrected chi connectivity index (χ2v) is 6.34. The van der Waals surface area contributed by atoms with Crippen LogP contribution in [0.15, 0.2) is 42.5 Å². The highest BCUT2D eigenvalue weighted by Gasteiger charge is 2.37. The molecule has 1 aliphatic heterocycles. The third-order valence-corrected chi connectivity index (χ3v) is 4.77. The third-order valence-electron chi connectivity index (χ3n) is 3.96. The molecule has 0 aliphatic carbocycles. The standard InChI is InChI=1S/C18H15Cl2NO4/c1-24-14-7-2-3-8-15(14)25-18(23)11-9-16(22)21(10-11)13-6-4-5-12(19)17(13)20/h2-8,11H,9-10H2,1H3/t11-/m0/s1. The summed E-state index contributed by atoms with van der Waals surface area (Å²) in [6.07, 6.45) is 0.0524. The third kappa shape index (κ3) is 3.57. The van der Waals surface area contributed by atoms with E-state index in [4.69, 9.17) is 32.7 Å². The van der Waals surface area contributed by atoms with Gasteiger partial charge >= 0.3 is 5.97 Å². The molecule has 1 heterocycles. The molecule has 0 unspecified atom stereocenters. The van der Waals surface area contributed by atoms with Crippen LogP contribution in [0.5, 0.6) is 11.5 Å². The Labute approximate surface area is 155 Å². The molecule has 1 saturated heterocycles. The quantitative estimate of drug-likeness (QED) is 0.595. The van der Waals surface area contributed by atoms with Crippen LogP contribution < -0.4 is 14.4 Å².